The molecule has 6 heteroatoms. The minimum absolute atomic E-state index is 0.0813. The van der Waals surface area contributed by atoms with Gasteiger partial charge < -0.3 is 10.1 Å². The molecule has 40 heavy (non-hydrogen) atoms. The van der Waals surface area contributed by atoms with Gasteiger partial charge in [0.05, 0.1) is 12.2 Å². The van der Waals surface area contributed by atoms with Crippen LogP contribution in [0.15, 0.2) is 78.6 Å². The number of aryl methyl sites for hydroxylation is 1. The number of rotatable bonds is 8. The van der Waals surface area contributed by atoms with Gasteiger partial charge in [-0.05, 0) is 81.5 Å². The Morgan fingerprint density at radius 1 is 1.00 bits per heavy atom. The van der Waals surface area contributed by atoms with Crippen LogP contribution < -0.4 is 15.0 Å². The van der Waals surface area contributed by atoms with Crippen LogP contribution in [-0.2, 0) is 11.3 Å². The predicted molar refractivity (Wildman–Crippen MR) is 160 cm³/mol. The van der Waals surface area contributed by atoms with Gasteiger partial charge in [0.1, 0.15) is 0 Å². The minimum Gasteiger partial charge on any atom is -0.449 e. The third-order valence-electron chi connectivity index (χ3n) is 7.98. The van der Waals surface area contributed by atoms with E-state index in [2.05, 4.69) is 30.1 Å². The van der Waals surface area contributed by atoms with Crippen molar-refractivity contribution in [2.45, 2.75) is 65.1 Å². The number of hydrogen-bond acceptors (Lipinski definition) is 4. The fraction of sp³-hybridized carbons (Fsp3) is 0.353. The minimum atomic E-state index is -0.195. The van der Waals surface area contributed by atoms with E-state index < -0.39 is 0 Å². The highest BCUT2D eigenvalue weighted by Gasteiger charge is 2.30. The molecule has 0 radical (unpaired) electrons. The topological polar surface area (TPSA) is 61.9 Å². The first-order chi connectivity index (χ1) is 19.4. The summed E-state index contributed by atoms with van der Waals surface area (Å²) in [6.45, 7) is 8.76. The summed E-state index contributed by atoms with van der Waals surface area (Å²) < 4.78 is 6.03. The van der Waals surface area contributed by atoms with Crippen LogP contribution >= 0.6 is 0 Å². The van der Waals surface area contributed by atoms with Crippen LogP contribution in [0.3, 0.4) is 0 Å². The molecule has 1 saturated heterocycles. The van der Waals surface area contributed by atoms with Gasteiger partial charge in [0.25, 0.3) is 11.8 Å². The van der Waals surface area contributed by atoms with Crippen LogP contribution in [0.25, 0.3) is 6.08 Å². The summed E-state index contributed by atoms with van der Waals surface area (Å²) in [5.74, 6) is 0.622. The van der Waals surface area contributed by atoms with Gasteiger partial charge in [-0.2, -0.15) is 0 Å². The number of piperidine rings is 1. The predicted octanol–water partition coefficient (Wildman–Crippen LogP) is 6.34. The maximum atomic E-state index is 13.5. The Kier molecular flexibility index (Phi) is 8.66. The number of benzene rings is 3. The Labute approximate surface area is 237 Å². The number of anilines is 1. The molecule has 3 aromatic carbocycles. The quantitative estimate of drug-likeness (QED) is 0.269. The molecule has 5 rings (SSSR count). The molecule has 0 saturated carbocycles. The lowest BCUT2D eigenvalue weighted by Gasteiger charge is -2.39. The Morgan fingerprint density at radius 3 is 2.50 bits per heavy atom. The zero-order valence-electron chi connectivity index (χ0n) is 23.7. The van der Waals surface area contributed by atoms with Gasteiger partial charge in [-0.15, -0.1) is 0 Å². The monoisotopic (exact) mass is 537 g/mol. The fourth-order valence-corrected chi connectivity index (χ4v) is 5.78. The smallest absolute Gasteiger partial charge is 0.294 e. The van der Waals surface area contributed by atoms with Gasteiger partial charge in [-0.25, -0.2) is 0 Å². The largest absolute Gasteiger partial charge is 0.449 e. The third-order valence-corrected chi connectivity index (χ3v) is 7.98. The molecule has 3 aromatic rings. The second-order valence-electron chi connectivity index (χ2n) is 11.1. The van der Waals surface area contributed by atoms with E-state index in [0.29, 0.717) is 36.5 Å². The van der Waals surface area contributed by atoms with Crippen LogP contribution in [0.4, 0.5) is 5.69 Å². The second-order valence-corrected chi connectivity index (χ2v) is 11.1. The van der Waals surface area contributed by atoms with Crippen molar-refractivity contribution >= 4 is 23.6 Å². The van der Waals surface area contributed by atoms with Crippen molar-refractivity contribution in [3.05, 3.63) is 101 Å². The van der Waals surface area contributed by atoms with E-state index in [-0.39, 0.29) is 17.6 Å². The summed E-state index contributed by atoms with van der Waals surface area (Å²) in [4.78, 5) is 30.6. The molecule has 208 valence electrons. The average molecular weight is 538 g/mol. The highest BCUT2D eigenvalue weighted by molar-refractivity contribution is 6.09. The summed E-state index contributed by atoms with van der Waals surface area (Å²) in [6, 6.07) is 24.3. The second kappa shape index (κ2) is 12.5. The molecule has 0 bridgehead atoms. The molecular weight excluding hydrogens is 498 g/mol. The van der Waals surface area contributed by atoms with Crippen molar-refractivity contribution in [1.82, 2.24) is 10.2 Å². The van der Waals surface area contributed by atoms with E-state index in [4.69, 9.17) is 4.74 Å². The maximum Gasteiger partial charge on any atom is 0.294 e. The van der Waals surface area contributed by atoms with E-state index in [1.807, 2.05) is 61.5 Å². The first kappa shape index (κ1) is 27.7. The highest BCUT2D eigenvalue weighted by atomic mass is 16.5. The number of ether oxygens (including phenoxy) is 1. The van der Waals surface area contributed by atoms with Gasteiger partial charge in [0.2, 0.25) is 0 Å². The van der Waals surface area contributed by atoms with E-state index in [9.17, 15) is 9.59 Å². The fourth-order valence-electron chi connectivity index (χ4n) is 5.78. The molecule has 0 aliphatic carbocycles. The molecule has 2 aliphatic rings. The van der Waals surface area contributed by atoms with Crippen LogP contribution in [0.1, 0.15) is 66.6 Å². The Balaban J connectivity index is 1.22. The zero-order chi connectivity index (χ0) is 28.1. The Bertz CT molecular complexity index is 1370. The first-order valence-corrected chi connectivity index (χ1v) is 14.4. The van der Waals surface area contributed by atoms with Crippen LogP contribution in [0, 0.1) is 6.92 Å². The molecular formula is C34H39N3O3. The Morgan fingerprint density at radius 2 is 1.75 bits per heavy atom. The molecule has 2 unspecified atom stereocenters. The molecule has 6 nitrogen and oxygen atoms in total. The molecule has 0 spiro atoms. The lowest BCUT2D eigenvalue weighted by atomic mass is 9.97. The van der Waals surface area contributed by atoms with Crippen molar-refractivity contribution < 1.29 is 14.3 Å². The number of para-hydroxylation sites is 2. The molecule has 0 aromatic heterocycles. The number of carbonyl (C=O) groups excluding carboxylic acids is 2. The summed E-state index contributed by atoms with van der Waals surface area (Å²) >= 11 is 0. The number of nitrogens with zero attached hydrogens (tertiary/aromatic N) is 2. The number of carbonyl (C=O) groups is 2. The number of likely N-dealkylation sites (tertiary alicyclic amines) is 1. The lowest BCUT2D eigenvalue weighted by molar-refractivity contribution is -0.117. The molecule has 1 fully saturated rings. The standard InChI is InChI=1S/C34H39N3O3/c1-24-9-6-12-28(21-24)23-37-30-13-4-5-14-31(30)40-32(34(37)39)22-27-15-17-29(18-16-27)33(38)35-19-8-20-36-25(2)10-7-11-26(36)3/h4-6,9,12-18,21-22,25-26H,7-8,10-11,19-20,23H2,1-3H3,(H,35,38)/b32-22+. The molecule has 1 N–H and O–H groups in total. The van der Waals surface area contributed by atoms with Crippen LogP contribution in [0.5, 0.6) is 5.75 Å². The van der Waals surface area contributed by atoms with Crippen molar-refractivity contribution in [1.29, 1.82) is 0 Å². The number of hydrogen-bond donors (Lipinski definition) is 1. The highest BCUT2D eigenvalue weighted by Crippen LogP contribution is 2.36. The van der Waals surface area contributed by atoms with Crippen molar-refractivity contribution in [3.63, 3.8) is 0 Å². The normalized spacial score (nSPS) is 20.2. The van der Waals surface area contributed by atoms with Crippen molar-refractivity contribution in [2.75, 3.05) is 18.0 Å². The molecule has 2 amide bonds. The molecule has 2 heterocycles. The van der Waals surface area contributed by atoms with Gasteiger partial charge in [-0.1, -0.05) is 60.5 Å². The first-order valence-electron chi connectivity index (χ1n) is 14.4. The average Bonchev–Trinajstić information content (AvgIpc) is 2.95. The van der Waals surface area contributed by atoms with Gasteiger partial charge in [0.15, 0.2) is 11.5 Å². The summed E-state index contributed by atoms with van der Waals surface area (Å²) in [6.07, 6.45) is 6.50. The van der Waals surface area contributed by atoms with E-state index in [0.717, 1.165) is 35.3 Å². The van der Waals surface area contributed by atoms with Gasteiger partial charge in [-0.3, -0.25) is 19.4 Å². The van der Waals surface area contributed by atoms with E-state index in [1.165, 1.54) is 19.3 Å². The summed E-state index contributed by atoms with van der Waals surface area (Å²) in [5.41, 5.74) is 4.35. The van der Waals surface area contributed by atoms with E-state index >= 15 is 0 Å². The van der Waals surface area contributed by atoms with Gasteiger partial charge in [0, 0.05) is 30.7 Å². The van der Waals surface area contributed by atoms with Crippen molar-refractivity contribution in [3.8, 4) is 5.75 Å². The summed E-state index contributed by atoms with van der Waals surface area (Å²) in [5, 5.41) is 3.05. The summed E-state index contributed by atoms with van der Waals surface area (Å²) in [7, 11) is 0. The van der Waals surface area contributed by atoms with Crippen molar-refractivity contribution in [2.24, 2.45) is 0 Å². The number of nitrogens with one attached hydrogen (secondary N) is 1. The molecule has 2 atom stereocenters. The van der Waals surface area contributed by atoms with Crippen LogP contribution in [0.2, 0.25) is 0 Å². The SMILES string of the molecule is Cc1cccc(CN2C(=O)/C(=C\c3ccc(C(=O)NCCCN4C(C)CCCC4C)cc3)Oc3ccccc32)c1. The zero-order valence-corrected chi connectivity index (χ0v) is 23.7. The maximum absolute atomic E-state index is 13.5. The molecule has 2 aliphatic heterocycles. The third kappa shape index (κ3) is 6.45. The number of fused-ring (bicyclic) bond motifs is 1. The van der Waals surface area contributed by atoms with Crippen LogP contribution in [-0.4, -0.2) is 41.9 Å². The van der Waals surface area contributed by atoms with Gasteiger partial charge >= 0.3 is 0 Å². The van der Waals surface area contributed by atoms with E-state index in [1.54, 1.807) is 23.1 Å². The lowest BCUT2D eigenvalue weighted by Crippen LogP contribution is -2.44. The number of amides is 2. The Hall–Kier alpha value is -3.90.